The maximum Gasteiger partial charge on any atom is 0.205 e. The molecule has 9 heteroatoms. The molecule has 3 heterocycles. The first-order valence-electron chi connectivity index (χ1n) is 10.9. The minimum absolute atomic E-state index is 0. The molecule has 1 saturated heterocycles. The Labute approximate surface area is 206 Å². The van der Waals surface area contributed by atoms with Crippen molar-refractivity contribution in [2.75, 3.05) is 55.6 Å². The van der Waals surface area contributed by atoms with Crippen LogP contribution in [0.1, 0.15) is 25.2 Å². The molecule has 0 amide bonds. The lowest BCUT2D eigenvalue weighted by Crippen LogP contribution is -2.52. The van der Waals surface area contributed by atoms with E-state index >= 15 is 0 Å². The van der Waals surface area contributed by atoms with Crippen LogP contribution in [0.25, 0.3) is 0 Å². The minimum atomic E-state index is 0. The van der Waals surface area contributed by atoms with Gasteiger partial charge in [0.25, 0.3) is 0 Å². The first-order chi connectivity index (χ1) is 14.8. The highest BCUT2D eigenvalue weighted by Gasteiger charge is 2.22. The van der Waals surface area contributed by atoms with E-state index in [2.05, 4.69) is 79.6 Å². The molecule has 0 aliphatic carbocycles. The van der Waals surface area contributed by atoms with E-state index in [1.54, 1.807) is 0 Å². The Balaban J connectivity index is 0.00000272. The van der Waals surface area contributed by atoms with Gasteiger partial charge in [0.15, 0.2) is 5.96 Å². The zero-order valence-electron chi connectivity index (χ0n) is 18.3. The summed E-state index contributed by atoms with van der Waals surface area (Å²) >= 11 is 1.51. The Kier molecular flexibility index (Phi) is 8.94. The zero-order valence-corrected chi connectivity index (χ0v) is 21.5. The number of hydrogen-bond donors (Lipinski definition) is 1. The lowest BCUT2D eigenvalue weighted by Gasteiger charge is -2.36. The van der Waals surface area contributed by atoms with Gasteiger partial charge in [0, 0.05) is 69.5 Å². The van der Waals surface area contributed by atoms with Crippen molar-refractivity contribution in [2.45, 2.75) is 26.8 Å². The van der Waals surface area contributed by atoms with E-state index in [-0.39, 0.29) is 24.0 Å². The van der Waals surface area contributed by atoms with Crippen molar-refractivity contribution < 1.29 is 0 Å². The highest BCUT2D eigenvalue weighted by molar-refractivity contribution is 14.0. The maximum absolute atomic E-state index is 4.94. The van der Waals surface area contributed by atoms with E-state index in [0.29, 0.717) is 6.54 Å². The van der Waals surface area contributed by atoms with E-state index in [1.807, 2.05) is 0 Å². The SMILES string of the molecule is CCNC(=NCc1cccc(N2CC=CC2)c1)N1CCN(c2nc(CC)ns2)CC1.I. The summed E-state index contributed by atoms with van der Waals surface area (Å²) < 4.78 is 4.42. The Morgan fingerprint density at radius 3 is 2.55 bits per heavy atom. The number of hydrogen-bond acceptors (Lipinski definition) is 6. The molecule has 0 radical (unpaired) electrons. The van der Waals surface area contributed by atoms with E-state index in [0.717, 1.165) is 69.1 Å². The highest BCUT2D eigenvalue weighted by Crippen LogP contribution is 2.20. The number of piperazine rings is 1. The number of nitrogens with one attached hydrogen (secondary N) is 1. The molecular weight excluding hydrogens is 521 g/mol. The van der Waals surface area contributed by atoms with Crippen molar-refractivity contribution in [3.63, 3.8) is 0 Å². The first kappa shape index (κ1) is 23.8. The summed E-state index contributed by atoms with van der Waals surface area (Å²) in [4.78, 5) is 16.6. The molecule has 0 bridgehead atoms. The Morgan fingerprint density at radius 1 is 1.10 bits per heavy atom. The summed E-state index contributed by atoms with van der Waals surface area (Å²) in [6.45, 7) is 11.5. The molecular formula is C22H32IN7S. The minimum Gasteiger partial charge on any atom is -0.364 e. The number of anilines is 2. The molecule has 0 spiro atoms. The molecule has 168 valence electrons. The van der Waals surface area contributed by atoms with Gasteiger partial charge >= 0.3 is 0 Å². The van der Waals surface area contributed by atoms with E-state index < -0.39 is 0 Å². The van der Waals surface area contributed by atoms with Crippen LogP contribution in [0.4, 0.5) is 10.8 Å². The molecule has 1 fully saturated rings. The van der Waals surface area contributed by atoms with Crippen LogP contribution < -0.4 is 15.1 Å². The second-order valence-corrected chi connectivity index (χ2v) is 8.27. The van der Waals surface area contributed by atoms with Crippen LogP contribution in [0.15, 0.2) is 41.4 Å². The van der Waals surface area contributed by atoms with Crippen LogP contribution in [-0.2, 0) is 13.0 Å². The van der Waals surface area contributed by atoms with E-state index in [4.69, 9.17) is 4.99 Å². The van der Waals surface area contributed by atoms with Crippen molar-refractivity contribution >= 4 is 52.3 Å². The lowest BCUT2D eigenvalue weighted by atomic mass is 10.2. The molecule has 1 N–H and O–H groups in total. The number of guanidine groups is 1. The quantitative estimate of drug-likeness (QED) is 0.256. The van der Waals surface area contributed by atoms with Gasteiger partial charge in [-0.3, -0.25) is 0 Å². The van der Waals surface area contributed by atoms with E-state index in [9.17, 15) is 0 Å². The normalized spacial score (nSPS) is 16.6. The summed E-state index contributed by atoms with van der Waals surface area (Å²) in [5.74, 6) is 1.94. The average molecular weight is 554 g/mol. The third-order valence-electron chi connectivity index (χ3n) is 5.46. The van der Waals surface area contributed by atoms with Crippen LogP contribution >= 0.6 is 35.5 Å². The predicted octanol–water partition coefficient (Wildman–Crippen LogP) is 3.38. The van der Waals surface area contributed by atoms with Crippen molar-refractivity contribution in [1.29, 1.82) is 0 Å². The monoisotopic (exact) mass is 553 g/mol. The molecule has 1 aromatic heterocycles. The molecule has 1 aromatic carbocycles. The summed E-state index contributed by atoms with van der Waals surface area (Å²) in [7, 11) is 0. The molecule has 0 atom stereocenters. The van der Waals surface area contributed by atoms with Gasteiger partial charge in [0.1, 0.15) is 5.82 Å². The van der Waals surface area contributed by atoms with Crippen molar-refractivity contribution in [3.05, 3.63) is 47.8 Å². The molecule has 2 aromatic rings. The van der Waals surface area contributed by atoms with Crippen molar-refractivity contribution in [2.24, 2.45) is 4.99 Å². The standard InChI is InChI=1S/C22H31N7S.HI/c1-3-20-25-22(30-26-20)29-14-12-28(13-15-29)21(23-4-2)24-17-18-8-7-9-19(16-18)27-10-5-6-11-27;/h5-9,16H,3-4,10-15,17H2,1-2H3,(H,23,24);1H. The molecule has 2 aliphatic heterocycles. The van der Waals surface area contributed by atoms with Crippen LogP contribution in [-0.4, -0.2) is 66.0 Å². The molecule has 2 aliphatic rings. The fourth-order valence-electron chi connectivity index (χ4n) is 3.76. The lowest BCUT2D eigenvalue weighted by molar-refractivity contribution is 0.372. The molecule has 0 saturated carbocycles. The van der Waals surface area contributed by atoms with Crippen LogP contribution in [0, 0.1) is 0 Å². The fraction of sp³-hybridized carbons (Fsp3) is 0.500. The summed E-state index contributed by atoms with van der Waals surface area (Å²) in [6.07, 6.45) is 5.33. The van der Waals surface area contributed by atoms with Gasteiger partial charge in [-0.25, -0.2) is 9.98 Å². The fourth-order valence-corrected chi connectivity index (χ4v) is 4.56. The largest absolute Gasteiger partial charge is 0.364 e. The topological polar surface area (TPSA) is 59.9 Å². The number of rotatable bonds is 6. The molecule has 4 rings (SSSR count). The Hall–Kier alpha value is -1.88. The van der Waals surface area contributed by atoms with Gasteiger partial charge in [-0.2, -0.15) is 4.37 Å². The van der Waals surface area contributed by atoms with Gasteiger partial charge < -0.3 is 20.0 Å². The molecule has 31 heavy (non-hydrogen) atoms. The highest BCUT2D eigenvalue weighted by atomic mass is 127. The van der Waals surface area contributed by atoms with Gasteiger partial charge in [-0.1, -0.05) is 31.2 Å². The average Bonchev–Trinajstić information content (AvgIpc) is 3.49. The Bertz CT molecular complexity index is 881. The summed E-state index contributed by atoms with van der Waals surface area (Å²) in [6, 6.07) is 8.75. The predicted molar refractivity (Wildman–Crippen MR) is 141 cm³/mol. The number of nitrogens with zero attached hydrogens (tertiary/aromatic N) is 6. The second-order valence-electron chi connectivity index (χ2n) is 7.54. The Morgan fingerprint density at radius 2 is 1.87 bits per heavy atom. The van der Waals surface area contributed by atoms with Crippen molar-refractivity contribution in [1.82, 2.24) is 19.6 Å². The first-order valence-corrected chi connectivity index (χ1v) is 11.6. The van der Waals surface area contributed by atoms with Crippen LogP contribution in [0.5, 0.6) is 0 Å². The van der Waals surface area contributed by atoms with Gasteiger partial charge in [-0.05, 0) is 24.6 Å². The third kappa shape index (κ3) is 6.09. The summed E-state index contributed by atoms with van der Waals surface area (Å²) in [5.41, 5.74) is 2.52. The summed E-state index contributed by atoms with van der Waals surface area (Å²) in [5, 5.41) is 4.51. The van der Waals surface area contributed by atoms with Gasteiger partial charge in [-0.15, -0.1) is 24.0 Å². The second kappa shape index (κ2) is 11.7. The smallest absolute Gasteiger partial charge is 0.205 e. The third-order valence-corrected chi connectivity index (χ3v) is 6.28. The number of halogens is 1. The van der Waals surface area contributed by atoms with Crippen LogP contribution in [0.3, 0.4) is 0 Å². The van der Waals surface area contributed by atoms with E-state index in [1.165, 1.54) is 22.8 Å². The molecule has 0 unspecified atom stereocenters. The number of aliphatic imine (C=N–C) groups is 1. The molecule has 7 nitrogen and oxygen atoms in total. The van der Waals surface area contributed by atoms with Gasteiger partial charge in [0.05, 0.1) is 6.54 Å². The van der Waals surface area contributed by atoms with Crippen molar-refractivity contribution in [3.8, 4) is 0 Å². The number of aromatic nitrogens is 2. The number of benzene rings is 1. The van der Waals surface area contributed by atoms with Gasteiger partial charge in [0.2, 0.25) is 5.13 Å². The maximum atomic E-state index is 4.94. The number of aryl methyl sites for hydroxylation is 1. The zero-order chi connectivity index (χ0) is 20.8. The van der Waals surface area contributed by atoms with Crippen LogP contribution in [0.2, 0.25) is 0 Å².